The summed E-state index contributed by atoms with van der Waals surface area (Å²) >= 11 is 1.64. The van der Waals surface area contributed by atoms with Gasteiger partial charge >= 0.3 is 5.97 Å². The molecule has 5 heteroatoms. The standard InChI is InChI=1S/C14H24N2O2S/c1-7-16(14(5,6)12(17)18)8-10-9-19-11(15-10)13(2,3)4/h9H,7-8H2,1-6H3,(H,17,18). The monoisotopic (exact) mass is 284 g/mol. The number of thiazole rings is 1. The average molecular weight is 284 g/mol. The summed E-state index contributed by atoms with van der Waals surface area (Å²) in [5, 5.41) is 12.4. The largest absolute Gasteiger partial charge is 0.480 e. The number of carboxylic acids is 1. The minimum Gasteiger partial charge on any atom is -0.480 e. The summed E-state index contributed by atoms with van der Waals surface area (Å²) in [6.45, 7) is 13.1. The molecule has 0 unspecified atom stereocenters. The molecule has 0 saturated heterocycles. The molecular formula is C14H24N2O2S. The molecule has 0 aliphatic heterocycles. The quantitative estimate of drug-likeness (QED) is 0.902. The highest BCUT2D eigenvalue weighted by atomic mass is 32.1. The number of hydrogen-bond donors (Lipinski definition) is 1. The summed E-state index contributed by atoms with van der Waals surface area (Å²) < 4.78 is 0. The SMILES string of the molecule is CCN(Cc1csc(C(C)(C)C)n1)C(C)(C)C(=O)O. The molecule has 0 bridgehead atoms. The van der Waals surface area contributed by atoms with Crippen molar-refractivity contribution in [2.24, 2.45) is 0 Å². The Kier molecular flexibility index (Phi) is 4.74. The van der Waals surface area contributed by atoms with Crippen molar-refractivity contribution in [3.63, 3.8) is 0 Å². The molecule has 0 saturated carbocycles. The number of nitrogens with zero attached hydrogens (tertiary/aromatic N) is 2. The molecule has 1 rings (SSSR count). The summed E-state index contributed by atoms with van der Waals surface area (Å²) in [5.41, 5.74) is 0.119. The maximum absolute atomic E-state index is 11.3. The van der Waals surface area contributed by atoms with Crippen molar-refractivity contribution in [1.29, 1.82) is 0 Å². The number of hydrogen-bond acceptors (Lipinski definition) is 4. The van der Waals surface area contributed by atoms with Gasteiger partial charge in [-0.15, -0.1) is 11.3 Å². The Hall–Kier alpha value is -0.940. The zero-order valence-corrected chi connectivity index (χ0v) is 13.5. The van der Waals surface area contributed by atoms with E-state index in [1.54, 1.807) is 25.2 Å². The third-order valence-electron chi connectivity index (χ3n) is 3.24. The van der Waals surface area contributed by atoms with Crippen molar-refractivity contribution in [2.75, 3.05) is 6.54 Å². The van der Waals surface area contributed by atoms with Crippen molar-refractivity contribution in [3.05, 3.63) is 16.1 Å². The van der Waals surface area contributed by atoms with Crippen LogP contribution in [0.4, 0.5) is 0 Å². The molecule has 0 radical (unpaired) electrons. The summed E-state index contributed by atoms with van der Waals surface area (Å²) in [6.07, 6.45) is 0. The topological polar surface area (TPSA) is 53.4 Å². The van der Waals surface area contributed by atoms with Gasteiger partial charge in [0.15, 0.2) is 0 Å². The molecule has 108 valence electrons. The molecule has 0 aromatic carbocycles. The highest BCUT2D eigenvalue weighted by Gasteiger charge is 2.34. The van der Waals surface area contributed by atoms with E-state index in [0.29, 0.717) is 13.1 Å². The van der Waals surface area contributed by atoms with Gasteiger partial charge in [0.25, 0.3) is 0 Å². The molecule has 4 nitrogen and oxygen atoms in total. The van der Waals surface area contributed by atoms with Gasteiger partial charge in [-0.25, -0.2) is 4.98 Å². The van der Waals surface area contributed by atoms with Crippen molar-refractivity contribution in [1.82, 2.24) is 9.88 Å². The van der Waals surface area contributed by atoms with Crippen LogP contribution >= 0.6 is 11.3 Å². The average Bonchev–Trinajstić information content (AvgIpc) is 2.73. The Morgan fingerprint density at radius 1 is 1.37 bits per heavy atom. The van der Waals surface area contributed by atoms with E-state index in [-0.39, 0.29) is 5.41 Å². The molecule has 1 aromatic heterocycles. The van der Waals surface area contributed by atoms with E-state index in [0.717, 1.165) is 10.7 Å². The van der Waals surface area contributed by atoms with Crippen LogP contribution in [0.2, 0.25) is 0 Å². The van der Waals surface area contributed by atoms with Crippen molar-refractivity contribution in [3.8, 4) is 0 Å². The van der Waals surface area contributed by atoms with E-state index in [1.165, 1.54) is 0 Å². The van der Waals surface area contributed by atoms with Gasteiger partial charge in [0.2, 0.25) is 0 Å². The Bertz CT molecular complexity index is 447. The minimum atomic E-state index is -0.875. The summed E-state index contributed by atoms with van der Waals surface area (Å²) in [6, 6.07) is 0. The lowest BCUT2D eigenvalue weighted by molar-refractivity contribution is -0.149. The fourth-order valence-electron chi connectivity index (χ4n) is 1.76. The van der Waals surface area contributed by atoms with E-state index in [2.05, 4.69) is 25.8 Å². The van der Waals surface area contributed by atoms with Crippen molar-refractivity contribution < 1.29 is 9.90 Å². The van der Waals surface area contributed by atoms with Crippen LogP contribution in [0.3, 0.4) is 0 Å². The van der Waals surface area contributed by atoms with Crippen molar-refractivity contribution >= 4 is 17.3 Å². The predicted molar refractivity (Wildman–Crippen MR) is 78.6 cm³/mol. The summed E-state index contributed by atoms with van der Waals surface area (Å²) in [4.78, 5) is 17.9. The van der Waals surface area contributed by atoms with Crippen LogP contribution in [-0.2, 0) is 16.8 Å². The van der Waals surface area contributed by atoms with Crippen LogP contribution in [0.15, 0.2) is 5.38 Å². The fourth-order valence-corrected chi connectivity index (χ4v) is 2.66. The second kappa shape index (κ2) is 5.59. The molecule has 0 atom stereocenters. The number of carbonyl (C=O) groups is 1. The molecule has 1 N–H and O–H groups in total. The zero-order valence-electron chi connectivity index (χ0n) is 12.6. The third-order valence-corrected chi connectivity index (χ3v) is 4.56. The van der Waals surface area contributed by atoms with E-state index in [4.69, 9.17) is 0 Å². The Morgan fingerprint density at radius 3 is 2.32 bits per heavy atom. The Labute approximate surface area is 119 Å². The highest BCUT2D eigenvalue weighted by Crippen LogP contribution is 2.27. The normalized spacial score (nSPS) is 13.0. The maximum Gasteiger partial charge on any atom is 0.323 e. The molecule has 0 amide bonds. The van der Waals surface area contributed by atoms with Crippen LogP contribution < -0.4 is 0 Å². The van der Waals surface area contributed by atoms with Gasteiger partial charge in [-0.3, -0.25) is 9.69 Å². The number of rotatable bonds is 5. The first-order valence-electron chi connectivity index (χ1n) is 6.52. The van der Waals surface area contributed by atoms with Gasteiger partial charge in [0.1, 0.15) is 5.54 Å². The van der Waals surface area contributed by atoms with Gasteiger partial charge in [0, 0.05) is 17.3 Å². The number of aromatic nitrogens is 1. The van der Waals surface area contributed by atoms with Gasteiger partial charge in [-0.2, -0.15) is 0 Å². The highest BCUT2D eigenvalue weighted by molar-refractivity contribution is 7.09. The minimum absolute atomic E-state index is 0.0439. The van der Waals surface area contributed by atoms with Gasteiger partial charge < -0.3 is 5.11 Å². The fraction of sp³-hybridized carbons (Fsp3) is 0.714. The number of likely N-dealkylation sites (N-methyl/N-ethyl adjacent to an activating group) is 1. The molecule has 0 spiro atoms. The number of carboxylic acid groups (broad SMARTS) is 1. The van der Waals surface area contributed by atoms with Gasteiger partial charge in [0.05, 0.1) is 10.7 Å². The molecule has 19 heavy (non-hydrogen) atoms. The lowest BCUT2D eigenvalue weighted by atomic mass is 9.98. The van der Waals surface area contributed by atoms with E-state index in [1.807, 2.05) is 17.2 Å². The molecule has 0 aliphatic carbocycles. The van der Waals surface area contributed by atoms with Crippen LogP contribution in [0.25, 0.3) is 0 Å². The van der Waals surface area contributed by atoms with Crippen LogP contribution in [0.5, 0.6) is 0 Å². The van der Waals surface area contributed by atoms with E-state index in [9.17, 15) is 9.90 Å². The predicted octanol–water partition coefficient (Wildman–Crippen LogP) is 3.13. The van der Waals surface area contributed by atoms with E-state index < -0.39 is 11.5 Å². The third kappa shape index (κ3) is 3.76. The van der Waals surface area contributed by atoms with Crippen LogP contribution in [-0.4, -0.2) is 33.0 Å². The molecule has 1 aromatic rings. The first-order valence-corrected chi connectivity index (χ1v) is 7.40. The van der Waals surface area contributed by atoms with Crippen LogP contribution in [0.1, 0.15) is 52.2 Å². The Morgan fingerprint density at radius 2 is 1.95 bits per heavy atom. The molecule has 0 aliphatic rings. The smallest absolute Gasteiger partial charge is 0.323 e. The lowest BCUT2D eigenvalue weighted by Gasteiger charge is -2.33. The molecule has 0 fully saturated rings. The second-order valence-corrected chi connectivity index (χ2v) is 7.13. The zero-order chi connectivity index (χ0) is 14.8. The van der Waals surface area contributed by atoms with Gasteiger partial charge in [-0.05, 0) is 20.4 Å². The summed E-state index contributed by atoms with van der Waals surface area (Å²) in [5.74, 6) is -0.805. The first kappa shape index (κ1) is 16.1. The maximum atomic E-state index is 11.3. The number of aliphatic carboxylic acids is 1. The molecular weight excluding hydrogens is 260 g/mol. The lowest BCUT2D eigenvalue weighted by Crippen LogP contribution is -2.49. The Balaban J connectivity index is 2.88. The van der Waals surface area contributed by atoms with Crippen molar-refractivity contribution in [2.45, 2.75) is 59.0 Å². The van der Waals surface area contributed by atoms with E-state index >= 15 is 0 Å². The van der Waals surface area contributed by atoms with Gasteiger partial charge in [-0.1, -0.05) is 27.7 Å². The first-order chi connectivity index (χ1) is 8.59. The summed E-state index contributed by atoms with van der Waals surface area (Å²) in [7, 11) is 0. The second-order valence-electron chi connectivity index (χ2n) is 6.27. The molecule has 1 heterocycles. The van der Waals surface area contributed by atoms with Crippen LogP contribution in [0, 0.1) is 0 Å².